The summed E-state index contributed by atoms with van der Waals surface area (Å²) in [5.74, 6) is 0. The summed E-state index contributed by atoms with van der Waals surface area (Å²) in [5.41, 5.74) is 8.37. The molecule has 2 aromatic carbocycles. The van der Waals surface area contributed by atoms with Crippen LogP contribution in [0.5, 0.6) is 0 Å². The molecule has 0 saturated carbocycles. The van der Waals surface area contributed by atoms with Crippen LogP contribution in [0.4, 0.5) is 5.69 Å². The van der Waals surface area contributed by atoms with E-state index in [1.807, 2.05) is 36.4 Å². The molecule has 7 heteroatoms. The van der Waals surface area contributed by atoms with Crippen LogP contribution in [0, 0.1) is 22.7 Å². The first-order valence-corrected chi connectivity index (χ1v) is 8.44. The molecule has 1 aliphatic rings. The number of anilines is 1. The highest BCUT2D eigenvalue weighted by molar-refractivity contribution is 5.81. The van der Waals surface area contributed by atoms with E-state index in [0.717, 1.165) is 5.56 Å². The van der Waals surface area contributed by atoms with E-state index in [1.165, 1.54) is 0 Å². The second-order valence-corrected chi connectivity index (χ2v) is 6.46. The van der Waals surface area contributed by atoms with Gasteiger partial charge in [-0.05, 0) is 17.2 Å². The molecule has 0 unspecified atom stereocenters. The summed E-state index contributed by atoms with van der Waals surface area (Å²) in [4.78, 5) is 0. The monoisotopic (exact) mass is 365 g/mol. The Morgan fingerprint density at radius 2 is 1.70 bits per heavy atom. The number of nitrogen functional groups attached to an aromatic ring is 1. The van der Waals surface area contributed by atoms with Crippen molar-refractivity contribution in [1.82, 2.24) is 0 Å². The molecule has 7 nitrogen and oxygen atoms in total. The molecule has 1 fully saturated rings. The van der Waals surface area contributed by atoms with Gasteiger partial charge in [-0.1, -0.05) is 30.3 Å². The standard InChI is InChI=1S/C20H19N3O4/c21-8-14-12(7-17-20(26)19(25)16(24)10-27-17)6-13(15(9-22)18(14)23)11-4-2-1-3-5-11/h1-6,16-17,19-20,24-26H,7,10,23H2/t16-,17+,19+,20+/m1/s1. The minimum Gasteiger partial charge on any atom is -0.397 e. The van der Waals surface area contributed by atoms with Crippen molar-refractivity contribution in [1.29, 1.82) is 10.5 Å². The van der Waals surface area contributed by atoms with Gasteiger partial charge in [0, 0.05) is 12.0 Å². The summed E-state index contributed by atoms with van der Waals surface area (Å²) in [7, 11) is 0. The van der Waals surface area contributed by atoms with E-state index >= 15 is 0 Å². The van der Waals surface area contributed by atoms with Gasteiger partial charge in [-0.15, -0.1) is 0 Å². The molecule has 2 aromatic rings. The van der Waals surface area contributed by atoms with Gasteiger partial charge in [-0.2, -0.15) is 10.5 Å². The molecule has 1 heterocycles. The average Bonchev–Trinajstić information content (AvgIpc) is 2.69. The van der Waals surface area contributed by atoms with Gasteiger partial charge in [0.25, 0.3) is 0 Å². The summed E-state index contributed by atoms with van der Waals surface area (Å²) < 4.78 is 5.44. The predicted octanol–water partition coefficient (Wildman–Crippen LogP) is 0.703. The van der Waals surface area contributed by atoms with Crippen LogP contribution in [0.2, 0.25) is 0 Å². The zero-order valence-corrected chi connectivity index (χ0v) is 14.4. The molecule has 0 aromatic heterocycles. The van der Waals surface area contributed by atoms with E-state index < -0.39 is 24.4 Å². The number of nitrogens with zero attached hydrogens (tertiary/aromatic N) is 2. The van der Waals surface area contributed by atoms with E-state index in [2.05, 4.69) is 6.07 Å². The van der Waals surface area contributed by atoms with E-state index in [9.17, 15) is 25.8 Å². The minimum atomic E-state index is -1.33. The minimum absolute atomic E-state index is 0.0715. The van der Waals surface area contributed by atoms with Crippen LogP contribution in [0.1, 0.15) is 16.7 Å². The highest BCUT2D eigenvalue weighted by atomic mass is 16.5. The van der Waals surface area contributed by atoms with Crippen LogP contribution < -0.4 is 5.73 Å². The Labute approximate surface area is 156 Å². The third-order valence-electron chi connectivity index (χ3n) is 4.78. The molecule has 3 rings (SSSR count). The van der Waals surface area contributed by atoms with Crippen molar-refractivity contribution in [3.63, 3.8) is 0 Å². The second kappa shape index (κ2) is 7.75. The van der Waals surface area contributed by atoms with Gasteiger partial charge in [0.1, 0.15) is 30.5 Å². The third-order valence-corrected chi connectivity index (χ3v) is 4.78. The van der Waals surface area contributed by atoms with Crippen LogP contribution >= 0.6 is 0 Å². The fourth-order valence-electron chi connectivity index (χ4n) is 3.28. The zero-order valence-electron chi connectivity index (χ0n) is 14.4. The van der Waals surface area contributed by atoms with Crippen molar-refractivity contribution < 1.29 is 20.1 Å². The molecule has 1 saturated heterocycles. The molecule has 0 spiro atoms. The van der Waals surface area contributed by atoms with Crippen molar-refractivity contribution in [3.05, 3.63) is 53.1 Å². The Bertz CT molecular complexity index is 918. The first kappa shape index (κ1) is 18.8. The van der Waals surface area contributed by atoms with Crippen molar-refractivity contribution in [2.45, 2.75) is 30.8 Å². The number of nitriles is 2. The first-order chi connectivity index (χ1) is 13.0. The molecular formula is C20H19N3O4. The summed E-state index contributed by atoms with van der Waals surface area (Å²) in [6.45, 7) is -0.123. The average molecular weight is 365 g/mol. The summed E-state index contributed by atoms with van der Waals surface area (Å²) in [6.07, 6.45) is -4.52. The number of ether oxygens (including phenoxy) is 1. The van der Waals surface area contributed by atoms with E-state index in [4.69, 9.17) is 10.5 Å². The number of aliphatic hydroxyl groups excluding tert-OH is 3. The van der Waals surface area contributed by atoms with Gasteiger partial charge >= 0.3 is 0 Å². The predicted molar refractivity (Wildman–Crippen MR) is 97.2 cm³/mol. The number of hydrogen-bond donors (Lipinski definition) is 4. The van der Waals surface area contributed by atoms with Crippen LogP contribution in [0.3, 0.4) is 0 Å². The van der Waals surface area contributed by atoms with Crippen molar-refractivity contribution >= 4 is 5.69 Å². The maximum Gasteiger partial charge on any atom is 0.111 e. The molecule has 0 radical (unpaired) electrons. The molecule has 1 aliphatic heterocycles. The highest BCUT2D eigenvalue weighted by Gasteiger charge is 2.38. The molecule has 4 atom stereocenters. The summed E-state index contributed by atoms with van der Waals surface area (Å²) in [6, 6.07) is 14.9. The number of rotatable bonds is 3. The van der Waals surface area contributed by atoms with Gasteiger partial charge in [-0.3, -0.25) is 0 Å². The van der Waals surface area contributed by atoms with Gasteiger partial charge in [0.05, 0.1) is 29.5 Å². The Hall–Kier alpha value is -2.94. The maximum atomic E-state index is 10.2. The number of hydrogen-bond acceptors (Lipinski definition) is 7. The molecule has 0 amide bonds. The maximum absolute atomic E-state index is 10.2. The van der Waals surface area contributed by atoms with Crippen LogP contribution in [0.15, 0.2) is 36.4 Å². The summed E-state index contributed by atoms with van der Waals surface area (Å²) in [5, 5.41) is 48.7. The smallest absolute Gasteiger partial charge is 0.111 e. The van der Waals surface area contributed by atoms with Gasteiger partial charge < -0.3 is 25.8 Å². The summed E-state index contributed by atoms with van der Waals surface area (Å²) >= 11 is 0. The molecule has 5 N–H and O–H groups in total. The van der Waals surface area contributed by atoms with Gasteiger partial charge in [0.15, 0.2) is 0 Å². The second-order valence-electron chi connectivity index (χ2n) is 6.46. The van der Waals surface area contributed by atoms with E-state index in [0.29, 0.717) is 11.1 Å². The Balaban J connectivity index is 2.07. The number of nitrogens with two attached hydrogens (primary N) is 1. The number of aliphatic hydroxyl groups is 3. The normalized spacial score (nSPS) is 24.8. The molecular weight excluding hydrogens is 346 g/mol. The molecule has 27 heavy (non-hydrogen) atoms. The van der Waals surface area contributed by atoms with Crippen LogP contribution in [0.25, 0.3) is 11.1 Å². The number of benzene rings is 2. The topological polar surface area (TPSA) is 144 Å². The highest BCUT2D eigenvalue weighted by Crippen LogP contribution is 2.33. The third kappa shape index (κ3) is 3.50. The lowest BCUT2D eigenvalue weighted by molar-refractivity contribution is -0.186. The van der Waals surface area contributed by atoms with Crippen molar-refractivity contribution in [2.75, 3.05) is 12.3 Å². The van der Waals surface area contributed by atoms with Crippen molar-refractivity contribution in [2.24, 2.45) is 0 Å². The molecule has 138 valence electrons. The van der Waals surface area contributed by atoms with E-state index in [-0.39, 0.29) is 29.8 Å². The van der Waals surface area contributed by atoms with Crippen LogP contribution in [-0.2, 0) is 11.2 Å². The molecule has 0 aliphatic carbocycles. The Kier molecular flexibility index (Phi) is 5.41. The fourth-order valence-corrected chi connectivity index (χ4v) is 3.28. The lowest BCUT2D eigenvalue weighted by Gasteiger charge is -2.35. The van der Waals surface area contributed by atoms with Crippen molar-refractivity contribution in [3.8, 4) is 23.3 Å². The zero-order chi connectivity index (χ0) is 19.6. The Morgan fingerprint density at radius 1 is 1.04 bits per heavy atom. The fraction of sp³-hybridized carbons (Fsp3) is 0.300. The van der Waals surface area contributed by atoms with Crippen LogP contribution in [-0.4, -0.2) is 46.3 Å². The lowest BCUT2D eigenvalue weighted by Crippen LogP contribution is -2.53. The largest absolute Gasteiger partial charge is 0.397 e. The lowest BCUT2D eigenvalue weighted by atomic mass is 9.88. The SMILES string of the molecule is N#Cc1c(C[C@@H]2OC[C@@H](O)[C@H](O)[C@H]2O)cc(-c2ccccc2)c(C#N)c1N. The van der Waals surface area contributed by atoms with Gasteiger partial charge in [0.2, 0.25) is 0 Å². The Morgan fingerprint density at radius 3 is 2.33 bits per heavy atom. The molecule has 0 bridgehead atoms. The first-order valence-electron chi connectivity index (χ1n) is 8.44. The quantitative estimate of drug-likeness (QED) is 0.586. The van der Waals surface area contributed by atoms with E-state index in [1.54, 1.807) is 6.07 Å². The van der Waals surface area contributed by atoms with Gasteiger partial charge in [-0.25, -0.2) is 0 Å².